The Morgan fingerprint density at radius 2 is 2.14 bits per heavy atom. The van der Waals surface area contributed by atoms with E-state index in [9.17, 15) is 4.79 Å². The summed E-state index contributed by atoms with van der Waals surface area (Å²) in [7, 11) is 1.46. The molecule has 7 nitrogen and oxygen atoms in total. The highest BCUT2D eigenvalue weighted by Crippen LogP contribution is 2.20. The molecule has 0 aliphatic heterocycles. The third-order valence-corrected chi connectivity index (χ3v) is 2.72. The molecule has 0 atom stereocenters. The topological polar surface area (TPSA) is 97.2 Å². The van der Waals surface area contributed by atoms with Gasteiger partial charge in [-0.25, -0.2) is 0 Å². The number of carbonyl (C=O) groups is 1. The standard InChI is InChI=1S/C14H16N4O3/c1-9(20)10-4-3-5-11(8-10)12-16-13(15-6-7-19)18-14(17-12)21-2/h3-5,8,19H,6-7H2,1-2H3,(H,15,16,17,18). The first-order valence-corrected chi connectivity index (χ1v) is 6.40. The van der Waals surface area contributed by atoms with Crippen molar-refractivity contribution < 1.29 is 14.6 Å². The lowest BCUT2D eigenvalue weighted by atomic mass is 10.1. The highest BCUT2D eigenvalue weighted by molar-refractivity contribution is 5.95. The SMILES string of the molecule is COc1nc(NCCO)nc(-c2cccc(C(C)=O)c2)n1. The van der Waals surface area contributed by atoms with Gasteiger partial charge in [0.25, 0.3) is 0 Å². The van der Waals surface area contributed by atoms with Gasteiger partial charge in [0.05, 0.1) is 13.7 Å². The molecule has 0 saturated carbocycles. The number of aromatic nitrogens is 3. The van der Waals surface area contributed by atoms with Gasteiger partial charge in [-0.2, -0.15) is 15.0 Å². The summed E-state index contributed by atoms with van der Waals surface area (Å²) < 4.78 is 5.04. The van der Waals surface area contributed by atoms with Crippen LogP contribution in [0.2, 0.25) is 0 Å². The number of hydrogen-bond donors (Lipinski definition) is 2. The van der Waals surface area contributed by atoms with Crippen molar-refractivity contribution in [2.24, 2.45) is 0 Å². The minimum absolute atomic E-state index is 0.0310. The molecule has 0 fully saturated rings. The smallest absolute Gasteiger partial charge is 0.321 e. The van der Waals surface area contributed by atoms with Crippen LogP contribution in [0.4, 0.5) is 5.95 Å². The Morgan fingerprint density at radius 1 is 1.33 bits per heavy atom. The molecule has 0 aliphatic rings. The number of aliphatic hydroxyl groups is 1. The highest BCUT2D eigenvalue weighted by Gasteiger charge is 2.10. The molecule has 2 N–H and O–H groups in total. The Kier molecular flexibility index (Phi) is 4.78. The van der Waals surface area contributed by atoms with Crippen LogP contribution in [0.3, 0.4) is 0 Å². The van der Waals surface area contributed by atoms with E-state index in [-0.39, 0.29) is 18.4 Å². The van der Waals surface area contributed by atoms with Gasteiger partial charge in [-0.1, -0.05) is 18.2 Å². The third-order valence-electron chi connectivity index (χ3n) is 2.72. The Balaban J connectivity index is 2.42. The molecule has 0 aliphatic carbocycles. The summed E-state index contributed by atoms with van der Waals surface area (Å²) in [5, 5.41) is 11.7. The summed E-state index contributed by atoms with van der Waals surface area (Å²) in [6.45, 7) is 1.78. The minimum atomic E-state index is -0.0385. The molecule has 0 amide bonds. The summed E-state index contributed by atoms with van der Waals surface area (Å²) in [5.74, 6) is 0.668. The van der Waals surface area contributed by atoms with Gasteiger partial charge in [0.2, 0.25) is 5.95 Å². The number of rotatable bonds is 6. The normalized spacial score (nSPS) is 10.2. The van der Waals surface area contributed by atoms with Gasteiger partial charge in [0, 0.05) is 17.7 Å². The van der Waals surface area contributed by atoms with Crippen molar-refractivity contribution in [2.45, 2.75) is 6.92 Å². The van der Waals surface area contributed by atoms with Crippen LogP contribution in [0.15, 0.2) is 24.3 Å². The number of methoxy groups -OCH3 is 1. The lowest BCUT2D eigenvalue weighted by Gasteiger charge is -2.08. The number of nitrogens with zero attached hydrogens (tertiary/aromatic N) is 3. The fraction of sp³-hybridized carbons (Fsp3) is 0.286. The second-order valence-corrected chi connectivity index (χ2v) is 4.26. The largest absolute Gasteiger partial charge is 0.467 e. The van der Waals surface area contributed by atoms with Crippen molar-refractivity contribution in [3.8, 4) is 17.4 Å². The number of anilines is 1. The van der Waals surface area contributed by atoms with Gasteiger partial charge in [-0.3, -0.25) is 4.79 Å². The lowest BCUT2D eigenvalue weighted by molar-refractivity contribution is 0.101. The maximum absolute atomic E-state index is 11.4. The van der Waals surface area contributed by atoms with E-state index in [0.717, 1.165) is 0 Å². The summed E-state index contributed by atoms with van der Waals surface area (Å²) in [4.78, 5) is 23.9. The molecule has 1 heterocycles. The average Bonchev–Trinajstić information content (AvgIpc) is 2.52. The van der Waals surface area contributed by atoms with E-state index in [4.69, 9.17) is 9.84 Å². The molecule has 0 unspecified atom stereocenters. The second-order valence-electron chi connectivity index (χ2n) is 4.26. The first-order valence-electron chi connectivity index (χ1n) is 6.40. The molecule has 21 heavy (non-hydrogen) atoms. The molecule has 0 radical (unpaired) electrons. The monoisotopic (exact) mass is 288 g/mol. The molecule has 110 valence electrons. The van der Waals surface area contributed by atoms with E-state index in [0.29, 0.717) is 29.4 Å². The highest BCUT2D eigenvalue weighted by atomic mass is 16.5. The van der Waals surface area contributed by atoms with Crippen LogP contribution in [0.1, 0.15) is 17.3 Å². The summed E-state index contributed by atoms with van der Waals surface area (Å²) in [6.07, 6.45) is 0. The molecule has 2 rings (SSSR count). The zero-order valence-corrected chi connectivity index (χ0v) is 11.8. The van der Waals surface area contributed by atoms with Gasteiger partial charge >= 0.3 is 6.01 Å². The third kappa shape index (κ3) is 3.73. The van der Waals surface area contributed by atoms with E-state index in [1.54, 1.807) is 24.3 Å². The molecule has 0 spiro atoms. The number of ether oxygens (including phenoxy) is 1. The van der Waals surface area contributed by atoms with E-state index in [1.165, 1.54) is 14.0 Å². The molecule has 0 saturated heterocycles. The van der Waals surface area contributed by atoms with Crippen molar-refractivity contribution in [1.29, 1.82) is 0 Å². The Labute approximate surface area is 122 Å². The van der Waals surface area contributed by atoms with Crippen LogP contribution in [-0.2, 0) is 0 Å². The van der Waals surface area contributed by atoms with Crippen LogP contribution < -0.4 is 10.1 Å². The molecular formula is C14H16N4O3. The Bertz CT molecular complexity index is 646. The Morgan fingerprint density at radius 3 is 2.81 bits per heavy atom. The fourth-order valence-corrected chi connectivity index (χ4v) is 1.70. The van der Waals surface area contributed by atoms with Crippen molar-refractivity contribution in [3.05, 3.63) is 29.8 Å². The zero-order valence-electron chi connectivity index (χ0n) is 11.8. The van der Waals surface area contributed by atoms with Crippen LogP contribution in [-0.4, -0.2) is 46.1 Å². The summed E-state index contributed by atoms with van der Waals surface area (Å²) >= 11 is 0. The number of Topliss-reactive ketones (excluding diaryl/α,β-unsaturated/α-hetero) is 1. The second kappa shape index (κ2) is 6.76. The first kappa shape index (κ1) is 14.9. The lowest BCUT2D eigenvalue weighted by Crippen LogP contribution is -2.10. The van der Waals surface area contributed by atoms with E-state index < -0.39 is 0 Å². The first-order chi connectivity index (χ1) is 10.1. The van der Waals surface area contributed by atoms with Gasteiger partial charge in [0.1, 0.15) is 0 Å². The minimum Gasteiger partial charge on any atom is -0.467 e. The van der Waals surface area contributed by atoms with Crippen LogP contribution in [0, 0.1) is 0 Å². The van der Waals surface area contributed by atoms with Crippen molar-refractivity contribution in [1.82, 2.24) is 15.0 Å². The van der Waals surface area contributed by atoms with E-state index >= 15 is 0 Å². The molecule has 1 aromatic heterocycles. The molecular weight excluding hydrogens is 272 g/mol. The number of ketones is 1. The number of aliphatic hydroxyl groups excluding tert-OH is 1. The number of carbonyl (C=O) groups excluding carboxylic acids is 1. The summed E-state index contributed by atoms with van der Waals surface area (Å²) in [6, 6.07) is 7.18. The van der Waals surface area contributed by atoms with Crippen molar-refractivity contribution >= 4 is 11.7 Å². The number of nitrogens with one attached hydrogen (secondary N) is 1. The number of benzene rings is 1. The van der Waals surface area contributed by atoms with Crippen molar-refractivity contribution in [2.75, 3.05) is 25.6 Å². The average molecular weight is 288 g/mol. The maximum atomic E-state index is 11.4. The fourth-order valence-electron chi connectivity index (χ4n) is 1.70. The quantitative estimate of drug-likeness (QED) is 0.769. The van der Waals surface area contributed by atoms with Gasteiger partial charge in [-0.05, 0) is 13.0 Å². The van der Waals surface area contributed by atoms with Crippen LogP contribution >= 0.6 is 0 Å². The summed E-state index contributed by atoms with van der Waals surface area (Å²) in [5.41, 5.74) is 1.27. The van der Waals surface area contributed by atoms with Gasteiger partial charge < -0.3 is 15.2 Å². The van der Waals surface area contributed by atoms with Gasteiger partial charge in [0.15, 0.2) is 11.6 Å². The molecule has 2 aromatic rings. The Hall–Kier alpha value is -2.54. The maximum Gasteiger partial charge on any atom is 0.321 e. The molecule has 7 heteroatoms. The predicted molar refractivity (Wildman–Crippen MR) is 77.4 cm³/mol. The molecule has 1 aromatic carbocycles. The van der Waals surface area contributed by atoms with E-state index in [1.807, 2.05) is 0 Å². The van der Waals surface area contributed by atoms with Crippen LogP contribution in [0.25, 0.3) is 11.4 Å². The predicted octanol–water partition coefficient (Wildman–Crippen LogP) is 1.15. The van der Waals surface area contributed by atoms with Crippen LogP contribution in [0.5, 0.6) is 6.01 Å². The van der Waals surface area contributed by atoms with E-state index in [2.05, 4.69) is 20.3 Å². The number of hydrogen-bond acceptors (Lipinski definition) is 7. The van der Waals surface area contributed by atoms with Crippen molar-refractivity contribution in [3.63, 3.8) is 0 Å². The molecule has 0 bridgehead atoms. The zero-order chi connectivity index (χ0) is 15.2. The van der Waals surface area contributed by atoms with Gasteiger partial charge in [-0.15, -0.1) is 0 Å².